The van der Waals surface area contributed by atoms with Crippen LogP contribution in [0, 0.1) is 4.77 Å². The summed E-state index contributed by atoms with van der Waals surface area (Å²) in [5.41, 5.74) is 2.30. The fourth-order valence-corrected chi connectivity index (χ4v) is 3.87. The van der Waals surface area contributed by atoms with Gasteiger partial charge in [-0.25, -0.2) is 0 Å². The van der Waals surface area contributed by atoms with E-state index in [2.05, 4.69) is 49.4 Å². The molecule has 2 heterocycles. The Morgan fingerprint density at radius 1 is 1.30 bits per heavy atom. The first-order chi connectivity index (χ1) is 9.65. The Bertz CT molecular complexity index is 655. The van der Waals surface area contributed by atoms with Gasteiger partial charge in [0.2, 0.25) is 0 Å². The molecule has 0 bridgehead atoms. The zero-order valence-electron chi connectivity index (χ0n) is 11.7. The van der Waals surface area contributed by atoms with Gasteiger partial charge in [-0.1, -0.05) is 22.4 Å². The second-order valence-corrected chi connectivity index (χ2v) is 6.97. The molecule has 0 spiro atoms. The fourth-order valence-electron chi connectivity index (χ4n) is 3.13. The molecule has 1 atom stereocenters. The van der Waals surface area contributed by atoms with Crippen molar-refractivity contribution in [1.82, 2.24) is 14.5 Å². The average molecular weight is 354 g/mol. The molecule has 0 aliphatic carbocycles. The number of nitrogens with one attached hydrogen (secondary N) is 1. The van der Waals surface area contributed by atoms with Gasteiger partial charge in [0.25, 0.3) is 0 Å². The van der Waals surface area contributed by atoms with Crippen LogP contribution in [-0.2, 0) is 0 Å². The molecule has 1 aliphatic rings. The number of nitrogens with zero attached hydrogens (tertiary/aromatic N) is 2. The summed E-state index contributed by atoms with van der Waals surface area (Å²) in [6, 6.07) is 6.67. The van der Waals surface area contributed by atoms with Crippen molar-refractivity contribution in [3.63, 3.8) is 0 Å². The van der Waals surface area contributed by atoms with Crippen LogP contribution in [0.15, 0.2) is 22.7 Å². The quantitative estimate of drug-likeness (QED) is 0.820. The maximum atomic E-state index is 5.51. The molecule has 108 valence electrons. The Morgan fingerprint density at radius 2 is 2.05 bits per heavy atom. The van der Waals surface area contributed by atoms with Crippen molar-refractivity contribution in [3.05, 3.63) is 27.4 Å². The van der Waals surface area contributed by atoms with Gasteiger partial charge in [-0.05, 0) is 63.3 Å². The second kappa shape index (κ2) is 6.00. The first-order valence-corrected chi connectivity index (χ1v) is 8.47. The number of hydrogen-bond acceptors (Lipinski definition) is 2. The smallest absolute Gasteiger partial charge is 0.178 e. The Kier molecular flexibility index (Phi) is 4.29. The third-order valence-electron chi connectivity index (χ3n) is 4.09. The van der Waals surface area contributed by atoms with Crippen molar-refractivity contribution in [1.29, 1.82) is 0 Å². The number of rotatable bonds is 3. The monoisotopic (exact) mass is 353 g/mol. The van der Waals surface area contributed by atoms with E-state index in [1.54, 1.807) is 0 Å². The van der Waals surface area contributed by atoms with Crippen LogP contribution in [0.2, 0.25) is 0 Å². The molecule has 0 saturated carbocycles. The highest BCUT2D eigenvalue weighted by Gasteiger charge is 2.17. The molecule has 1 N–H and O–H groups in total. The number of aromatic nitrogens is 2. The van der Waals surface area contributed by atoms with Crippen molar-refractivity contribution in [3.8, 4) is 0 Å². The molecule has 2 aromatic rings. The van der Waals surface area contributed by atoms with Crippen LogP contribution in [0.4, 0.5) is 0 Å². The van der Waals surface area contributed by atoms with Gasteiger partial charge in [-0.3, -0.25) is 0 Å². The molecule has 3 rings (SSSR count). The van der Waals surface area contributed by atoms with Gasteiger partial charge >= 0.3 is 0 Å². The molecule has 1 fully saturated rings. The lowest BCUT2D eigenvalue weighted by atomic mass is 10.1. The lowest BCUT2D eigenvalue weighted by Crippen LogP contribution is -2.34. The number of halogens is 1. The van der Waals surface area contributed by atoms with Gasteiger partial charge in [0, 0.05) is 17.1 Å². The minimum atomic E-state index is 0.392. The summed E-state index contributed by atoms with van der Waals surface area (Å²) in [6.45, 7) is 5.79. The maximum absolute atomic E-state index is 5.51. The normalized spacial score (nSPS) is 18.5. The van der Waals surface area contributed by atoms with Crippen molar-refractivity contribution < 1.29 is 0 Å². The van der Waals surface area contributed by atoms with E-state index in [0.717, 1.165) is 21.3 Å². The van der Waals surface area contributed by atoms with Gasteiger partial charge in [-0.2, -0.15) is 0 Å². The SMILES string of the molecule is CC(CN1CCCCC1)n1c(=S)[nH]c2ccc(Br)cc21. The number of piperidine rings is 1. The second-order valence-electron chi connectivity index (χ2n) is 5.67. The van der Waals surface area contributed by atoms with Gasteiger partial charge < -0.3 is 14.5 Å². The molecule has 1 unspecified atom stereocenters. The van der Waals surface area contributed by atoms with Crippen LogP contribution in [0.1, 0.15) is 32.2 Å². The van der Waals surface area contributed by atoms with Crippen molar-refractivity contribution in [2.24, 2.45) is 0 Å². The minimum absolute atomic E-state index is 0.392. The third kappa shape index (κ3) is 2.85. The molecular formula is C15H20BrN3S. The Hall–Kier alpha value is -0.650. The van der Waals surface area contributed by atoms with Crippen molar-refractivity contribution in [2.45, 2.75) is 32.2 Å². The number of aromatic amines is 1. The van der Waals surface area contributed by atoms with Crippen LogP contribution in [0.5, 0.6) is 0 Å². The van der Waals surface area contributed by atoms with E-state index in [-0.39, 0.29) is 0 Å². The standard InChI is InChI=1S/C15H20BrN3S/c1-11(10-18-7-3-2-4-8-18)19-14-9-12(16)5-6-13(14)17-15(19)20/h5-6,9,11H,2-4,7-8,10H2,1H3,(H,17,20). The summed E-state index contributed by atoms with van der Waals surface area (Å²) in [6.07, 6.45) is 4.04. The van der Waals surface area contributed by atoms with Gasteiger partial charge in [0.15, 0.2) is 4.77 Å². The molecule has 1 aromatic heterocycles. The Morgan fingerprint density at radius 3 is 2.80 bits per heavy atom. The number of hydrogen-bond donors (Lipinski definition) is 1. The topological polar surface area (TPSA) is 24.0 Å². The van der Waals surface area contributed by atoms with Gasteiger partial charge in [0.1, 0.15) is 0 Å². The summed E-state index contributed by atoms with van der Waals surface area (Å²) in [4.78, 5) is 5.87. The number of fused-ring (bicyclic) bond motifs is 1. The van der Waals surface area contributed by atoms with Gasteiger partial charge in [0.05, 0.1) is 11.0 Å². The summed E-state index contributed by atoms with van der Waals surface area (Å²) in [5, 5.41) is 0. The van der Waals surface area contributed by atoms with E-state index in [0.29, 0.717) is 6.04 Å². The summed E-state index contributed by atoms with van der Waals surface area (Å²) < 4.78 is 4.17. The highest BCUT2D eigenvalue weighted by Crippen LogP contribution is 2.24. The van der Waals surface area contributed by atoms with Crippen molar-refractivity contribution >= 4 is 39.2 Å². The Balaban J connectivity index is 1.90. The first kappa shape index (κ1) is 14.3. The molecule has 3 nitrogen and oxygen atoms in total. The average Bonchev–Trinajstić information content (AvgIpc) is 2.75. The zero-order valence-corrected chi connectivity index (χ0v) is 14.1. The molecule has 1 aromatic carbocycles. The number of H-pyrrole nitrogens is 1. The summed E-state index contributed by atoms with van der Waals surface area (Å²) in [7, 11) is 0. The summed E-state index contributed by atoms with van der Waals surface area (Å²) in [5.74, 6) is 0. The Labute approximate surface area is 133 Å². The molecule has 5 heteroatoms. The van der Waals surface area contributed by atoms with Crippen LogP contribution < -0.4 is 0 Å². The molecule has 1 aliphatic heterocycles. The van der Waals surface area contributed by atoms with Crippen molar-refractivity contribution in [2.75, 3.05) is 19.6 Å². The maximum Gasteiger partial charge on any atom is 0.178 e. The highest BCUT2D eigenvalue weighted by molar-refractivity contribution is 9.10. The van der Waals surface area contributed by atoms with E-state index >= 15 is 0 Å². The van der Waals surface area contributed by atoms with E-state index < -0.39 is 0 Å². The summed E-state index contributed by atoms with van der Waals surface area (Å²) >= 11 is 9.07. The largest absolute Gasteiger partial charge is 0.331 e. The molecule has 1 saturated heterocycles. The van der Waals surface area contributed by atoms with E-state index in [4.69, 9.17) is 12.2 Å². The molecule has 0 amide bonds. The third-order valence-corrected chi connectivity index (χ3v) is 4.88. The van der Waals surface area contributed by atoms with Crippen LogP contribution in [0.25, 0.3) is 11.0 Å². The lowest BCUT2D eigenvalue weighted by Gasteiger charge is -2.29. The zero-order chi connectivity index (χ0) is 14.1. The van der Waals surface area contributed by atoms with Crippen LogP contribution >= 0.6 is 28.1 Å². The number of benzene rings is 1. The molecule has 20 heavy (non-hydrogen) atoms. The fraction of sp³-hybridized carbons (Fsp3) is 0.533. The lowest BCUT2D eigenvalue weighted by molar-refractivity contribution is 0.202. The molecular weight excluding hydrogens is 334 g/mol. The number of imidazole rings is 1. The van der Waals surface area contributed by atoms with Gasteiger partial charge in [-0.15, -0.1) is 0 Å². The van der Waals surface area contributed by atoms with E-state index in [9.17, 15) is 0 Å². The predicted octanol–water partition coefficient (Wildman–Crippen LogP) is 4.51. The van der Waals surface area contributed by atoms with E-state index in [1.165, 1.54) is 37.9 Å². The van der Waals surface area contributed by atoms with Crippen LogP contribution in [-0.4, -0.2) is 34.1 Å². The first-order valence-electron chi connectivity index (χ1n) is 7.27. The molecule has 0 radical (unpaired) electrons. The highest BCUT2D eigenvalue weighted by atomic mass is 79.9. The van der Waals surface area contributed by atoms with E-state index in [1.807, 2.05) is 6.07 Å². The predicted molar refractivity (Wildman–Crippen MR) is 89.8 cm³/mol. The minimum Gasteiger partial charge on any atom is -0.331 e. The van der Waals surface area contributed by atoms with Crippen LogP contribution in [0.3, 0.4) is 0 Å². The number of likely N-dealkylation sites (tertiary alicyclic amines) is 1.